The van der Waals surface area contributed by atoms with E-state index in [1.165, 1.54) is 37.4 Å². The number of pyridine rings is 1. The third-order valence-electron chi connectivity index (χ3n) is 3.11. The number of nitrogens with zero attached hydrogens (tertiary/aromatic N) is 1. The molecule has 1 heterocycles. The first-order valence-electron chi connectivity index (χ1n) is 7.44. The van der Waals surface area contributed by atoms with E-state index >= 15 is 0 Å². The molecule has 0 aliphatic heterocycles. The average molecular weight is 362 g/mol. The van der Waals surface area contributed by atoms with Crippen LogP contribution in [0.4, 0.5) is 5.69 Å². The van der Waals surface area contributed by atoms with Gasteiger partial charge >= 0.3 is 0 Å². The Labute approximate surface area is 145 Å². The maximum absolute atomic E-state index is 12.2. The zero-order valence-corrected chi connectivity index (χ0v) is 14.3. The Bertz CT molecular complexity index is 836. The van der Waals surface area contributed by atoms with Crippen LogP contribution in [0, 0.1) is 0 Å². The Morgan fingerprint density at radius 2 is 1.80 bits per heavy atom. The first-order chi connectivity index (χ1) is 11.9. The molecule has 0 atom stereocenters. The molecule has 0 radical (unpaired) electrons. The number of hydrogen-bond acceptors (Lipinski definition) is 5. The second-order valence-electron chi connectivity index (χ2n) is 5.10. The monoisotopic (exact) mass is 362 g/mol. The van der Waals surface area contributed by atoms with E-state index in [1.807, 2.05) is 0 Å². The molecule has 0 aliphatic carbocycles. The maximum Gasteiger partial charge on any atom is 0.252 e. The average Bonchev–Trinajstić information content (AvgIpc) is 2.59. The van der Waals surface area contributed by atoms with E-state index in [2.05, 4.69) is 20.3 Å². The summed E-state index contributed by atoms with van der Waals surface area (Å²) in [5.74, 6) is -0.565. The lowest BCUT2D eigenvalue weighted by molar-refractivity contribution is -0.114. The van der Waals surface area contributed by atoms with Crippen LogP contribution >= 0.6 is 0 Å². The fourth-order valence-corrected chi connectivity index (χ4v) is 3.00. The Morgan fingerprint density at radius 1 is 1.08 bits per heavy atom. The van der Waals surface area contributed by atoms with Crippen molar-refractivity contribution in [1.82, 2.24) is 15.0 Å². The Morgan fingerprint density at radius 3 is 2.40 bits per heavy atom. The molecule has 25 heavy (non-hydrogen) atoms. The molecular formula is C16H18N4O4S. The standard InChI is InChI=1S/C16H18N4O4S/c1-12(21)20-14-4-6-15(7-5-14)25(23,24)19-10-9-18-16(22)13-3-2-8-17-11-13/h2-8,11,19H,9-10H2,1H3,(H,18,22)(H,20,21). The van der Waals surface area contributed by atoms with Crippen molar-refractivity contribution >= 4 is 27.5 Å². The molecule has 8 nitrogen and oxygen atoms in total. The van der Waals surface area contributed by atoms with Crippen LogP contribution in [0.3, 0.4) is 0 Å². The van der Waals surface area contributed by atoms with Crippen LogP contribution in [-0.2, 0) is 14.8 Å². The molecule has 2 amide bonds. The molecular weight excluding hydrogens is 344 g/mol. The van der Waals surface area contributed by atoms with E-state index < -0.39 is 10.0 Å². The zero-order valence-electron chi connectivity index (χ0n) is 13.5. The lowest BCUT2D eigenvalue weighted by Crippen LogP contribution is -2.34. The summed E-state index contributed by atoms with van der Waals surface area (Å²) in [5, 5.41) is 5.16. The Kier molecular flexibility index (Phi) is 6.20. The van der Waals surface area contributed by atoms with Crippen molar-refractivity contribution < 1.29 is 18.0 Å². The van der Waals surface area contributed by atoms with Crippen molar-refractivity contribution in [1.29, 1.82) is 0 Å². The zero-order chi connectivity index (χ0) is 18.3. The SMILES string of the molecule is CC(=O)Nc1ccc(S(=O)(=O)NCCNC(=O)c2cccnc2)cc1. The predicted octanol–water partition coefficient (Wildman–Crippen LogP) is 0.748. The second kappa shape index (κ2) is 8.36. The van der Waals surface area contributed by atoms with E-state index in [-0.39, 0.29) is 29.8 Å². The number of benzene rings is 1. The van der Waals surface area contributed by atoms with Gasteiger partial charge in [0.1, 0.15) is 0 Å². The van der Waals surface area contributed by atoms with Gasteiger partial charge < -0.3 is 10.6 Å². The quantitative estimate of drug-likeness (QED) is 0.628. The summed E-state index contributed by atoms with van der Waals surface area (Å²) in [5.41, 5.74) is 0.911. The summed E-state index contributed by atoms with van der Waals surface area (Å²) in [6.45, 7) is 1.55. The Balaban J connectivity index is 1.85. The first kappa shape index (κ1) is 18.6. The molecule has 0 aliphatic rings. The highest BCUT2D eigenvalue weighted by Crippen LogP contribution is 2.13. The molecule has 1 aromatic carbocycles. The van der Waals surface area contributed by atoms with Crippen molar-refractivity contribution in [3.8, 4) is 0 Å². The van der Waals surface area contributed by atoms with Crippen LogP contribution < -0.4 is 15.4 Å². The minimum Gasteiger partial charge on any atom is -0.351 e. The minimum atomic E-state index is -3.69. The van der Waals surface area contributed by atoms with Crippen molar-refractivity contribution in [3.05, 3.63) is 54.4 Å². The highest BCUT2D eigenvalue weighted by molar-refractivity contribution is 7.89. The van der Waals surface area contributed by atoms with Crippen molar-refractivity contribution in [2.75, 3.05) is 18.4 Å². The molecule has 0 saturated carbocycles. The summed E-state index contributed by atoms with van der Waals surface area (Å²) in [6.07, 6.45) is 2.98. The van der Waals surface area contributed by atoms with Crippen molar-refractivity contribution in [2.45, 2.75) is 11.8 Å². The Hall–Kier alpha value is -2.78. The summed E-state index contributed by atoms with van der Waals surface area (Å²) in [4.78, 5) is 26.7. The number of nitrogens with one attached hydrogen (secondary N) is 3. The normalized spacial score (nSPS) is 10.9. The third kappa shape index (κ3) is 5.66. The number of sulfonamides is 1. The predicted molar refractivity (Wildman–Crippen MR) is 92.5 cm³/mol. The molecule has 0 fully saturated rings. The number of aromatic nitrogens is 1. The van der Waals surface area contributed by atoms with E-state index in [0.29, 0.717) is 11.3 Å². The number of amides is 2. The maximum atomic E-state index is 12.2. The molecule has 1 aromatic heterocycles. The van der Waals surface area contributed by atoms with Gasteiger partial charge in [-0.3, -0.25) is 14.6 Å². The smallest absolute Gasteiger partial charge is 0.252 e. The molecule has 3 N–H and O–H groups in total. The minimum absolute atomic E-state index is 0.0434. The fraction of sp³-hybridized carbons (Fsp3) is 0.188. The van der Waals surface area contributed by atoms with Crippen molar-refractivity contribution in [2.24, 2.45) is 0 Å². The summed E-state index contributed by atoms with van der Waals surface area (Å²) >= 11 is 0. The highest BCUT2D eigenvalue weighted by atomic mass is 32.2. The van der Waals surface area contributed by atoms with Crippen LogP contribution in [0.15, 0.2) is 53.7 Å². The van der Waals surface area contributed by atoms with Gasteiger partial charge in [-0.25, -0.2) is 13.1 Å². The van der Waals surface area contributed by atoms with Gasteiger partial charge in [-0.15, -0.1) is 0 Å². The number of rotatable bonds is 7. The molecule has 2 rings (SSSR count). The van der Waals surface area contributed by atoms with Crippen molar-refractivity contribution in [3.63, 3.8) is 0 Å². The van der Waals surface area contributed by atoms with Crippen LogP contribution in [0.5, 0.6) is 0 Å². The van der Waals surface area contributed by atoms with Crippen LogP contribution in [0.25, 0.3) is 0 Å². The third-order valence-corrected chi connectivity index (χ3v) is 4.59. The van der Waals surface area contributed by atoms with Gasteiger partial charge in [-0.1, -0.05) is 0 Å². The van der Waals surface area contributed by atoms with Crippen LogP contribution in [0.1, 0.15) is 17.3 Å². The topological polar surface area (TPSA) is 117 Å². The van der Waals surface area contributed by atoms with Gasteiger partial charge in [-0.2, -0.15) is 0 Å². The summed E-state index contributed by atoms with van der Waals surface area (Å²) in [6, 6.07) is 9.04. The number of carbonyl (C=O) groups is 2. The molecule has 2 aromatic rings. The molecule has 0 spiro atoms. The van der Waals surface area contributed by atoms with E-state index in [4.69, 9.17) is 0 Å². The highest BCUT2D eigenvalue weighted by Gasteiger charge is 2.13. The fourth-order valence-electron chi connectivity index (χ4n) is 1.96. The summed E-state index contributed by atoms with van der Waals surface area (Å²) in [7, 11) is -3.69. The van der Waals surface area contributed by atoms with Gasteiger partial charge in [-0.05, 0) is 36.4 Å². The second-order valence-corrected chi connectivity index (χ2v) is 6.87. The molecule has 0 saturated heterocycles. The van der Waals surface area contributed by atoms with Gasteiger partial charge in [0, 0.05) is 38.1 Å². The van der Waals surface area contributed by atoms with Gasteiger partial charge in [0.25, 0.3) is 5.91 Å². The number of anilines is 1. The van der Waals surface area contributed by atoms with Gasteiger partial charge in [0.15, 0.2) is 0 Å². The van der Waals surface area contributed by atoms with E-state index in [1.54, 1.807) is 18.3 Å². The first-order valence-corrected chi connectivity index (χ1v) is 8.92. The van der Waals surface area contributed by atoms with Crippen LogP contribution in [-0.4, -0.2) is 38.3 Å². The summed E-state index contributed by atoms with van der Waals surface area (Å²) < 4.78 is 26.7. The van der Waals surface area contributed by atoms with Gasteiger partial charge in [0.2, 0.25) is 15.9 Å². The molecule has 9 heteroatoms. The largest absolute Gasteiger partial charge is 0.351 e. The number of hydrogen-bond donors (Lipinski definition) is 3. The molecule has 0 bridgehead atoms. The van der Waals surface area contributed by atoms with Crippen LogP contribution in [0.2, 0.25) is 0 Å². The lowest BCUT2D eigenvalue weighted by Gasteiger charge is -2.09. The lowest BCUT2D eigenvalue weighted by atomic mass is 10.3. The number of carbonyl (C=O) groups excluding carboxylic acids is 2. The molecule has 132 valence electrons. The van der Waals surface area contributed by atoms with Gasteiger partial charge in [0.05, 0.1) is 10.5 Å². The van der Waals surface area contributed by atoms with E-state index in [9.17, 15) is 18.0 Å². The molecule has 0 unspecified atom stereocenters. The van der Waals surface area contributed by atoms with E-state index in [0.717, 1.165) is 0 Å².